The number of hydrogen-bond donors (Lipinski definition) is 1. The number of likely N-dealkylation sites (tertiary alicyclic amines) is 1. The summed E-state index contributed by atoms with van der Waals surface area (Å²) in [5.74, 6) is 0.169. The number of hydrogen-bond acceptors (Lipinski definition) is 5. The van der Waals surface area contributed by atoms with Crippen molar-refractivity contribution in [3.63, 3.8) is 0 Å². The van der Waals surface area contributed by atoms with E-state index in [4.69, 9.17) is 12.2 Å². The molecule has 2 heterocycles. The SMILES string of the molecule is CSC(=S)N=Nc1c(O)n(CCN2CCCCC2C)c2ccc(C)cc12. The van der Waals surface area contributed by atoms with E-state index in [-0.39, 0.29) is 5.88 Å². The number of thiocarbonyl (C=S) groups is 1. The first-order valence-electron chi connectivity index (χ1n) is 9.07. The van der Waals surface area contributed by atoms with Gasteiger partial charge in [-0.25, -0.2) is 0 Å². The molecule has 1 fully saturated rings. The third-order valence-electron chi connectivity index (χ3n) is 5.12. The van der Waals surface area contributed by atoms with E-state index in [1.54, 1.807) is 0 Å². The van der Waals surface area contributed by atoms with Gasteiger partial charge in [-0.1, -0.05) is 29.8 Å². The van der Waals surface area contributed by atoms with Crippen LogP contribution in [0, 0.1) is 6.92 Å². The van der Waals surface area contributed by atoms with E-state index in [2.05, 4.69) is 34.2 Å². The van der Waals surface area contributed by atoms with Gasteiger partial charge in [0, 0.05) is 24.5 Å². The lowest BCUT2D eigenvalue weighted by molar-refractivity contribution is 0.154. The van der Waals surface area contributed by atoms with Gasteiger partial charge in [0.25, 0.3) is 0 Å². The first-order chi connectivity index (χ1) is 12.5. The molecule has 3 rings (SSSR count). The average Bonchev–Trinajstić information content (AvgIpc) is 2.89. The third kappa shape index (κ3) is 4.10. The Morgan fingerprint density at radius 3 is 2.88 bits per heavy atom. The number of piperidine rings is 1. The molecule has 1 aromatic carbocycles. The molecule has 1 saturated heterocycles. The molecule has 1 aliphatic rings. The number of rotatable bonds is 4. The van der Waals surface area contributed by atoms with Crippen molar-refractivity contribution in [3.8, 4) is 5.88 Å². The van der Waals surface area contributed by atoms with E-state index >= 15 is 0 Å². The van der Waals surface area contributed by atoms with Crippen LogP contribution in [0.1, 0.15) is 31.7 Å². The van der Waals surface area contributed by atoms with Crippen LogP contribution in [-0.4, -0.2) is 44.3 Å². The third-order valence-corrected chi connectivity index (χ3v) is 6.14. The van der Waals surface area contributed by atoms with Crippen LogP contribution in [0.5, 0.6) is 5.88 Å². The van der Waals surface area contributed by atoms with E-state index < -0.39 is 0 Å². The fourth-order valence-corrected chi connectivity index (χ4v) is 3.78. The van der Waals surface area contributed by atoms with Crippen LogP contribution in [-0.2, 0) is 6.54 Å². The summed E-state index contributed by atoms with van der Waals surface area (Å²) in [6.45, 7) is 7.12. The Morgan fingerprint density at radius 1 is 1.35 bits per heavy atom. The second-order valence-corrected chi connectivity index (χ2v) is 8.34. The fraction of sp³-hybridized carbons (Fsp3) is 0.526. The van der Waals surface area contributed by atoms with Crippen molar-refractivity contribution in [1.29, 1.82) is 0 Å². The summed E-state index contributed by atoms with van der Waals surface area (Å²) in [5, 5.41) is 20.1. The van der Waals surface area contributed by atoms with Crippen LogP contribution in [0.15, 0.2) is 28.4 Å². The summed E-state index contributed by atoms with van der Waals surface area (Å²) < 4.78 is 2.41. The number of azo groups is 1. The first-order valence-corrected chi connectivity index (χ1v) is 10.7. The molecule has 5 nitrogen and oxygen atoms in total. The van der Waals surface area contributed by atoms with Crippen molar-refractivity contribution in [2.45, 2.75) is 45.7 Å². The molecule has 0 saturated carbocycles. The Labute approximate surface area is 164 Å². The van der Waals surface area contributed by atoms with Crippen molar-refractivity contribution in [3.05, 3.63) is 23.8 Å². The number of nitrogens with zero attached hydrogens (tertiary/aromatic N) is 4. The van der Waals surface area contributed by atoms with Gasteiger partial charge < -0.3 is 9.67 Å². The Kier molecular flexibility index (Phi) is 6.32. The summed E-state index contributed by atoms with van der Waals surface area (Å²) in [4.78, 5) is 2.51. The summed E-state index contributed by atoms with van der Waals surface area (Å²) >= 11 is 6.48. The van der Waals surface area contributed by atoms with Crippen molar-refractivity contribution >= 4 is 44.9 Å². The van der Waals surface area contributed by atoms with Gasteiger partial charge in [-0.2, -0.15) is 0 Å². The Bertz CT molecular complexity index is 831. The monoisotopic (exact) mass is 390 g/mol. The molecule has 1 N–H and O–H groups in total. The predicted octanol–water partition coefficient (Wildman–Crippen LogP) is 5.26. The Morgan fingerprint density at radius 2 is 2.15 bits per heavy atom. The minimum Gasteiger partial charge on any atom is -0.493 e. The molecule has 7 heteroatoms. The molecule has 1 aliphatic heterocycles. The average molecular weight is 391 g/mol. The molecular weight excluding hydrogens is 364 g/mol. The fourth-order valence-electron chi connectivity index (χ4n) is 3.61. The molecule has 1 atom stereocenters. The van der Waals surface area contributed by atoms with Crippen LogP contribution in [0.3, 0.4) is 0 Å². The maximum atomic E-state index is 10.8. The highest BCUT2D eigenvalue weighted by atomic mass is 32.2. The molecule has 0 spiro atoms. The second-order valence-electron chi connectivity index (χ2n) is 6.90. The quantitative estimate of drug-likeness (QED) is 0.571. The number of benzene rings is 1. The maximum absolute atomic E-state index is 10.8. The predicted molar refractivity (Wildman–Crippen MR) is 114 cm³/mol. The summed E-state index contributed by atoms with van der Waals surface area (Å²) in [7, 11) is 0. The second kappa shape index (κ2) is 8.50. The highest BCUT2D eigenvalue weighted by molar-refractivity contribution is 8.22. The molecule has 2 aromatic rings. The molecule has 0 radical (unpaired) electrons. The maximum Gasteiger partial charge on any atom is 0.220 e. The van der Waals surface area contributed by atoms with Gasteiger partial charge in [-0.05, 0) is 63.8 Å². The summed E-state index contributed by atoms with van der Waals surface area (Å²) in [6.07, 6.45) is 5.69. The van der Waals surface area contributed by atoms with Crippen molar-refractivity contribution in [2.24, 2.45) is 10.2 Å². The van der Waals surface area contributed by atoms with Gasteiger partial charge in [0.15, 0.2) is 10.0 Å². The number of thioether (sulfide) groups is 1. The van der Waals surface area contributed by atoms with Crippen LogP contribution in [0.25, 0.3) is 10.9 Å². The van der Waals surface area contributed by atoms with E-state index in [0.29, 0.717) is 16.0 Å². The molecule has 26 heavy (non-hydrogen) atoms. The molecular formula is C19H26N4OS2. The smallest absolute Gasteiger partial charge is 0.220 e. The van der Waals surface area contributed by atoms with Gasteiger partial charge in [-0.15, -0.1) is 10.2 Å². The number of aryl methyl sites for hydroxylation is 1. The lowest BCUT2D eigenvalue weighted by Crippen LogP contribution is -2.39. The van der Waals surface area contributed by atoms with Crippen LogP contribution in [0.4, 0.5) is 5.69 Å². The Hall–Kier alpha value is -1.44. The summed E-state index contributed by atoms with van der Waals surface area (Å²) in [6, 6.07) is 6.77. The topological polar surface area (TPSA) is 53.1 Å². The Balaban J connectivity index is 1.93. The molecule has 0 aliphatic carbocycles. The lowest BCUT2D eigenvalue weighted by atomic mass is 10.0. The van der Waals surface area contributed by atoms with Crippen molar-refractivity contribution in [1.82, 2.24) is 9.47 Å². The molecule has 1 aromatic heterocycles. The van der Waals surface area contributed by atoms with Gasteiger partial charge in [0.05, 0.1) is 5.52 Å². The van der Waals surface area contributed by atoms with Crippen LogP contribution >= 0.6 is 24.0 Å². The molecule has 0 amide bonds. The van der Waals surface area contributed by atoms with Gasteiger partial charge >= 0.3 is 0 Å². The van der Waals surface area contributed by atoms with E-state index in [1.807, 2.05) is 23.8 Å². The molecule has 0 bridgehead atoms. The summed E-state index contributed by atoms with van der Waals surface area (Å²) in [5.41, 5.74) is 2.62. The van der Waals surface area contributed by atoms with Crippen LogP contribution < -0.4 is 0 Å². The van der Waals surface area contributed by atoms with Gasteiger partial charge in [-0.3, -0.25) is 4.90 Å². The molecule has 1 unspecified atom stereocenters. The zero-order valence-corrected chi connectivity index (χ0v) is 17.2. The lowest BCUT2D eigenvalue weighted by Gasteiger charge is -2.33. The highest BCUT2D eigenvalue weighted by Crippen LogP contribution is 2.39. The van der Waals surface area contributed by atoms with E-state index in [9.17, 15) is 5.11 Å². The van der Waals surface area contributed by atoms with Gasteiger partial charge in [0.1, 0.15) is 0 Å². The highest BCUT2D eigenvalue weighted by Gasteiger charge is 2.21. The number of aromatic hydroxyl groups is 1. The zero-order chi connectivity index (χ0) is 18.7. The zero-order valence-electron chi connectivity index (χ0n) is 15.6. The number of aromatic nitrogens is 1. The first kappa shape index (κ1) is 19.3. The van der Waals surface area contributed by atoms with Crippen molar-refractivity contribution in [2.75, 3.05) is 19.3 Å². The van der Waals surface area contributed by atoms with E-state index in [1.165, 1.54) is 31.0 Å². The van der Waals surface area contributed by atoms with Crippen LogP contribution in [0.2, 0.25) is 0 Å². The van der Waals surface area contributed by atoms with Gasteiger partial charge in [0.2, 0.25) is 5.88 Å². The minimum absolute atomic E-state index is 0.169. The standard InChI is InChI=1S/C19H26N4OS2/c1-13-7-8-16-15(12-13)17(20-21-19(25)26-3)18(24)23(16)11-10-22-9-5-4-6-14(22)2/h7-8,12,14,24H,4-6,9-11H2,1-3H3. The van der Waals surface area contributed by atoms with Crippen molar-refractivity contribution < 1.29 is 5.11 Å². The normalized spacial score (nSPS) is 18.8. The largest absolute Gasteiger partial charge is 0.493 e. The molecule has 140 valence electrons. The van der Waals surface area contributed by atoms with E-state index in [0.717, 1.165) is 36.1 Å². The number of fused-ring (bicyclic) bond motifs is 1. The minimum atomic E-state index is 0.169.